The second kappa shape index (κ2) is 5.95. The average Bonchev–Trinajstić information content (AvgIpc) is 3.20. The second-order valence-electron chi connectivity index (χ2n) is 5.90. The number of rotatable bonds is 4. The molecule has 2 N–H and O–H groups in total. The van der Waals surface area contributed by atoms with Gasteiger partial charge in [-0.15, -0.1) is 0 Å². The van der Waals surface area contributed by atoms with Crippen LogP contribution < -0.4 is 9.62 Å². The molecule has 1 aliphatic heterocycles. The standard InChI is InChI=1S/C17H15N5O3S/c1-22-15-6-5-12(8-11(15)9-16(22)23)26(24,25)21-14-10-19-20-17(14)13-4-2-3-7-18-13/h2-8,10,21H,9H2,1H3,(H,19,20). The summed E-state index contributed by atoms with van der Waals surface area (Å²) in [6.07, 6.45) is 3.20. The molecule has 0 saturated heterocycles. The number of benzene rings is 1. The number of nitrogens with one attached hydrogen (secondary N) is 2. The Morgan fingerprint density at radius 1 is 1.23 bits per heavy atom. The molecule has 0 fully saturated rings. The fourth-order valence-electron chi connectivity index (χ4n) is 2.89. The Labute approximate surface area is 149 Å². The third-order valence-corrected chi connectivity index (χ3v) is 5.61. The third kappa shape index (κ3) is 2.72. The van der Waals surface area contributed by atoms with E-state index >= 15 is 0 Å². The first-order valence-corrected chi connectivity index (χ1v) is 9.31. The molecule has 9 heteroatoms. The number of amides is 1. The van der Waals surface area contributed by atoms with E-state index in [0.717, 1.165) is 5.69 Å². The molecule has 0 bridgehead atoms. The van der Waals surface area contributed by atoms with Crippen LogP contribution in [0.2, 0.25) is 0 Å². The number of carbonyl (C=O) groups excluding carboxylic acids is 1. The van der Waals surface area contributed by atoms with Crippen molar-refractivity contribution in [1.82, 2.24) is 15.2 Å². The monoisotopic (exact) mass is 369 g/mol. The first-order chi connectivity index (χ1) is 12.5. The molecule has 3 heterocycles. The van der Waals surface area contributed by atoms with Crippen LogP contribution in [-0.4, -0.2) is 36.6 Å². The quantitative estimate of drug-likeness (QED) is 0.729. The SMILES string of the molecule is CN1C(=O)Cc2cc(S(=O)(=O)Nc3cn[nH]c3-c3ccccn3)ccc21. The molecule has 0 aliphatic carbocycles. The van der Waals surface area contributed by atoms with E-state index in [-0.39, 0.29) is 17.2 Å². The number of carbonyl (C=O) groups is 1. The highest BCUT2D eigenvalue weighted by Crippen LogP contribution is 2.31. The lowest BCUT2D eigenvalue weighted by atomic mass is 10.2. The molecule has 0 radical (unpaired) electrons. The van der Waals surface area contributed by atoms with Gasteiger partial charge >= 0.3 is 0 Å². The van der Waals surface area contributed by atoms with Gasteiger partial charge in [-0.2, -0.15) is 5.10 Å². The van der Waals surface area contributed by atoms with E-state index in [1.807, 2.05) is 0 Å². The summed E-state index contributed by atoms with van der Waals surface area (Å²) < 4.78 is 28.1. The number of aromatic nitrogens is 3. The third-order valence-electron chi connectivity index (χ3n) is 4.24. The summed E-state index contributed by atoms with van der Waals surface area (Å²) in [5.74, 6) is -0.0604. The minimum absolute atomic E-state index is 0.0604. The lowest BCUT2D eigenvalue weighted by Gasteiger charge is -2.12. The van der Waals surface area contributed by atoms with E-state index < -0.39 is 10.0 Å². The summed E-state index contributed by atoms with van der Waals surface area (Å²) in [6.45, 7) is 0. The van der Waals surface area contributed by atoms with Crippen molar-refractivity contribution >= 4 is 27.3 Å². The molecule has 26 heavy (non-hydrogen) atoms. The van der Waals surface area contributed by atoms with Gasteiger partial charge in [0.15, 0.2) is 0 Å². The summed E-state index contributed by atoms with van der Waals surface area (Å²) >= 11 is 0. The summed E-state index contributed by atoms with van der Waals surface area (Å²) in [5.41, 5.74) is 2.77. The predicted molar refractivity (Wildman–Crippen MR) is 96.2 cm³/mol. The molecule has 0 spiro atoms. The fraction of sp³-hybridized carbons (Fsp3) is 0.118. The Bertz CT molecular complexity index is 1090. The van der Waals surface area contributed by atoms with Crippen molar-refractivity contribution in [1.29, 1.82) is 0 Å². The number of pyridine rings is 1. The van der Waals surface area contributed by atoms with Gasteiger partial charge < -0.3 is 4.90 Å². The molecule has 3 aromatic rings. The highest BCUT2D eigenvalue weighted by atomic mass is 32.2. The zero-order valence-electron chi connectivity index (χ0n) is 13.8. The molecule has 0 atom stereocenters. The van der Waals surface area contributed by atoms with Gasteiger partial charge in [0.25, 0.3) is 10.0 Å². The molecule has 132 valence electrons. The van der Waals surface area contributed by atoms with Crippen LogP contribution in [0.15, 0.2) is 53.7 Å². The first-order valence-electron chi connectivity index (χ1n) is 7.83. The van der Waals surface area contributed by atoms with E-state index in [0.29, 0.717) is 22.6 Å². The maximum Gasteiger partial charge on any atom is 0.262 e. The molecule has 2 aromatic heterocycles. The van der Waals surface area contributed by atoms with Gasteiger partial charge in [0, 0.05) is 18.9 Å². The van der Waals surface area contributed by atoms with Gasteiger partial charge in [-0.25, -0.2) is 8.42 Å². The highest BCUT2D eigenvalue weighted by molar-refractivity contribution is 7.92. The first kappa shape index (κ1) is 16.3. The van der Waals surface area contributed by atoms with Crippen molar-refractivity contribution in [3.63, 3.8) is 0 Å². The van der Waals surface area contributed by atoms with E-state index in [4.69, 9.17) is 0 Å². The van der Waals surface area contributed by atoms with Gasteiger partial charge in [0.2, 0.25) is 5.91 Å². The smallest absolute Gasteiger partial charge is 0.262 e. The second-order valence-corrected chi connectivity index (χ2v) is 7.58. The Kier molecular flexibility index (Phi) is 3.73. The lowest BCUT2D eigenvalue weighted by Crippen LogP contribution is -2.20. The van der Waals surface area contributed by atoms with Crippen molar-refractivity contribution in [2.45, 2.75) is 11.3 Å². The van der Waals surface area contributed by atoms with Gasteiger partial charge in [-0.1, -0.05) is 6.07 Å². The van der Waals surface area contributed by atoms with Crippen molar-refractivity contribution in [3.8, 4) is 11.4 Å². The van der Waals surface area contributed by atoms with Crippen molar-refractivity contribution in [2.75, 3.05) is 16.7 Å². The topological polar surface area (TPSA) is 108 Å². The molecular formula is C17H15N5O3S. The molecule has 0 unspecified atom stereocenters. The van der Waals surface area contributed by atoms with Crippen LogP contribution in [0.5, 0.6) is 0 Å². The number of fused-ring (bicyclic) bond motifs is 1. The van der Waals surface area contributed by atoms with Crippen LogP contribution in [0.4, 0.5) is 11.4 Å². The minimum Gasteiger partial charge on any atom is -0.315 e. The van der Waals surface area contributed by atoms with Crippen molar-refractivity contribution in [2.24, 2.45) is 0 Å². The fourth-order valence-corrected chi connectivity index (χ4v) is 3.99. The molecular weight excluding hydrogens is 354 g/mol. The molecule has 1 amide bonds. The van der Waals surface area contributed by atoms with Gasteiger partial charge in [0.05, 0.1) is 28.9 Å². The Morgan fingerprint density at radius 3 is 2.85 bits per heavy atom. The molecule has 1 aliphatic rings. The molecule has 8 nitrogen and oxygen atoms in total. The normalized spacial score (nSPS) is 13.7. The summed E-state index contributed by atoms with van der Waals surface area (Å²) in [6, 6.07) is 9.98. The zero-order valence-corrected chi connectivity index (χ0v) is 14.6. The van der Waals surface area contributed by atoms with Crippen LogP contribution in [0, 0.1) is 0 Å². The molecule has 0 saturated carbocycles. The van der Waals surface area contributed by atoms with Crippen molar-refractivity contribution < 1.29 is 13.2 Å². The van der Waals surface area contributed by atoms with Crippen LogP contribution >= 0.6 is 0 Å². The number of likely N-dealkylation sites (N-methyl/N-ethyl adjacent to an activating group) is 1. The maximum absolute atomic E-state index is 12.8. The maximum atomic E-state index is 12.8. The number of sulfonamides is 1. The number of nitrogens with zero attached hydrogens (tertiary/aromatic N) is 3. The minimum atomic E-state index is -3.84. The lowest BCUT2D eigenvalue weighted by molar-refractivity contribution is -0.117. The number of anilines is 2. The van der Waals surface area contributed by atoms with Gasteiger partial charge in [-0.05, 0) is 35.9 Å². The molecule has 4 rings (SSSR count). The zero-order chi connectivity index (χ0) is 18.3. The van der Waals surface area contributed by atoms with Crippen LogP contribution in [-0.2, 0) is 21.2 Å². The summed E-state index contributed by atoms with van der Waals surface area (Å²) in [5, 5.41) is 6.67. The Morgan fingerprint density at radius 2 is 2.08 bits per heavy atom. The number of hydrogen-bond acceptors (Lipinski definition) is 5. The van der Waals surface area contributed by atoms with Crippen molar-refractivity contribution in [3.05, 3.63) is 54.4 Å². The van der Waals surface area contributed by atoms with Crippen LogP contribution in [0.3, 0.4) is 0 Å². The average molecular weight is 369 g/mol. The number of H-pyrrole nitrogens is 1. The largest absolute Gasteiger partial charge is 0.315 e. The summed E-state index contributed by atoms with van der Waals surface area (Å²) in [4.78, 5) is 17.6. The Balaban J connectivity index is 1.67. The van der Waals surface area contributed by atoms with Crippen LogP contribution in [0.1, 0.15) is 5.56 Å². The van der Waals surface area contributed by atoms with E-state index in [1.54, 1.807) is 37.5 Å². The van der Waals surface area contributed by atoms with Crippen LogP contribution in [0.25, 0.3) is 11.4 Å². The van der Waals surface area contributed by atoms with Gasteiger partial charge in [-0.3, -0.25) is 19.6 Å². The highest BCUT2D eigenvalue weighted by Gasteiger charge is 2.26. The molecule has 1 aromatic carbocycles. The van der Waals surface area contributed by atoms with E-state index in [2.05, 4.69) is 19.9 Å². The van der Waals surface area contributed by atoms with Gasteiger partial charge in [0.1, 0.15) is 5.69 Å². The number of aromatic amines is 1. The number of hydrogen-bond donors (Lipinski definition) is 2. The Hall–Kier alpha value is -3.20. The van der Waals surface area contributed by atoms with E-state index in [9.17, 15) is 13.2 Å². The van der Waals surface area contributed by atoms with E-state index in [1.165, 1.54) is 23.2 Å². The summed E-state index contributed by atoms with van der Waals surface area (Å²) in [7, 11) is -2.17. The predicted octanol–water partition coefficient (Wildman–Crippen LogP) is 1.79.